The number of halogens is 4. The largest absolute Gasteiger partial charge is 0.458 e. The van der Waals surface area contributed by atoms with Crippen LogP contribution in [0.2, 0.25) is 0 Å². The summed E-state index contributed by atoms with van der Waals surface area (Å²) in [6.07, 6.45) is -1.17. The van der Waals surface area contributed by atoms with Gasteiger partial charge >= 0.3 is 12.2 Å². The van der Waals surface area contributed by atoms with Crippen LogP contribution >= 0.6 is 0 Å². The summed E-state index contributed by atoms with van der Waals surface area (Å²) in [5, 5.41) is 4.36. The standard InChI is InChI=1S/C19H17F4N5O2/c1-10-13-7-11(20)3-4-14(13)30-15(10)16(19(21,22)23)27-18(29)26-12-8-24-17(25-9-12)28-5-2-6-28/h3-4,7-9,16H,2,5-6H2,1H3,(H2,26,27,29). The van der Waals surface area contributed by atoms with Crippen LogP contribution in [-0.2, 0) is 0 Å². The van der Waals surface area contributed by atoms with Gasteiger partial charge in [0.2, 0.25) is 5.95 Å². The molecule has 1 atom stereocenters. The van der Waals surface area contributed by atoms with Gasteiger partial charge in [-0.25, -0.2) is 19.2 Å². The highest BCUT2D eigenvalue weighted by molar-refractivity contribution is 5.89. The zero-order valence-electron chi connectivity index (χ0n) is 15.8. The molecule has 158 valence electrons. The minimum absolute atomic E-state index is 0.0920. The second kappa shape index (κ2) is 7.47. The van der Waals surface area contributed by atoms with Crippen LogP contribution in [0.4, 0.5) is 34.0 Å². The Hall–Kier alpha value is -3.37. The van der Waals surface area contributed by atoms with Crippen LogP contribution in [-0.4, -0.2) is 35.3 Å². The smallest absolute Gasteiger partial charge is 0.416 e. The number of anilines is 2. The highest BCUT2D eigenvalue weighted by atomic mass is 19.4. The van der Waals surface area contributed by atoms with Crippen LogP contribution in [0, 0.1) is 12.7 Å². The first-order valence-electron chi connectivity index (χ1n) is 9.12. The number of rotatable bonds is 4. The highest BCUT2D eigenvalue weighted by Crippen LogP contribution is 2.38. The van der Waals surface area contributed by atoms with Gasteiger partial charge in [-0.1, -0.05) is 0 Å². The molecule has 30 heavy (non-hydrogen) atoms. The van der Waals surface area contributed by atoms with Crippen LogP contribution in [0.25, 0.3) is 11.0 Å². The normalized spacial score (nSPS) is 15.0. The molecule has 1 saturated heterocycles. The molecule has 0 bridgehead atoms. The average molecular weight is 423 g/mol. The zero-order chi connectivity index (χ0) is 21.5. The number of carbonyl (C=O) groups excluding carboxylic acids is 1. The van der Waals surface area contributed by atoms with E-state index in [0.717, 1.165) is 31.6 Å². The molecule has 3 heterocycles. The zero-order valence-corrected chi connectivity index (χ0v) is 15.8. The number of hydrogen-bond acceptors (Lipinski definition) is 5. The van der Waals surface area contributed by atoms with Crippen LogP contribution in [0.1, 0.15) is 23.8 Å². The van der Waals surface area contributed by atoms with Crippen molar-refractivity contribution < 1.29 is 26.8 Å². The van der Waals surface area contributed by atoms with Gasteiger partial charge in [0.05, 0.1) is 18.1 Å². The lowest BCUT2D eigenvalue weighted by Crippen LogP contribution is -2.40. The predicted octanol–water partition coefficient (Wildman–Crippen LogP) is 4.31. The van der Waals surface area contributed by atoms with E-state index in [1.807, 2.05) is 10.2 Å². The van der Waals surface area contributed by atoms with Crippen molar-refractivity contribution in [3.63, 3.8) is 0 Å². The van der Waals surface area contributed by atoms with E-state index in [2.05, 4.69) is 15.3 Å². The molecular formula is C19H17F4N5O2. The lowest BCUT2D eigenvalue weighted by molar-refractivity contribution is -0.158. The maximum absolute atomic E-state index is 13.7. The van der Waals surface area contributed by atoms with E-state index < -0.39 is 29.8 Å². The molecule has 0 aliphatic carbocycles. The molecule has 1 aliphatic heterocycles. The fourth-order valence-corrected chi connectivity index (χ4v) is 3.15. The second-order valence-corrected chi connectivity index (χ2v) is 6.92. The Morgan fingerprint density at radius 3 is 2.53 bits per heavy atom. The Morgan fingerprint density at radius 2 is 1.93 bits per heavy atom. The summed E-state index contributed by atoms with van der Waals surface area (Å²) >= 11 is 0. The van der Waals surface area contributed by atoms with E-state index in [4.69, 9.17) is 4.42 Å². The van der Waals surface area contributed by atoms with Crippen molar-refractivity contribution >= 4 is 28.6 Å². The SMILES string of the molecule is Cc1c(C(NC(=O)Nc2cnc(N3CCC3)nc2)C(F)(F)F)oc2ccc(F)cc12. The van der Waals surface area contributed by atoms with E-state index in [0.29, 0.717) is 5.95 Å². The first-order chi connectivity index (χ1) is 14.2. The third-order valence-corrected chi connectivity index (χ3v) is 4.84. The van der Waals surface area contributed by atoms with Crippen molar-refractivity contribution in [3.05, 3.63) is 47.7 Å². The molecule has 0 saturated carbocycles. The number of amides is 2. The van der Waals surface area contributed by atoms with Gasteiger partial charge in [-0.2, -0.15) is 13.2 Å². The van der Waals surface area contributed by atoms with E-state index in [1.165, 1.54) is 25.4 Å². The van der Waals surface area contributed by atoms with Gasteiger partial charge in [-0.05, 0) is 31.5 Å². The monoisotopic (exact) mass is 423 g/mol. The molecule has 1 aromatic carbocycles. The van der Waals surface area contributed by atoms with Crippen LogP contribution in [0.5, 0.6) is 0 Å². The number of urea groups is 1. The molecule has 7 nitrogen and oxygen atoms in total. The third-order valence-electron chi connectivity index (χ3n) is 4.84. The van der Waals surface area contributed by atoms with Crippen LogP contribution in [0.15, 0.2) is 35.0 Å². The van der Waals surface area contributed by atoms with E-state index >= 15 is 0 Å². The minimum Gasteiger partial charge on any atom is -0.458 e. The Kier molecular flexibility index (Phi) is 4.96. The minimum atomic E-state index is -4.84. The average Bonchev–Trinajstić information content (AvgIpc) is 2.95. The number of furan rings is 1. The van der Waals surface area contributed by atoms with Crippen molar-refractivity contribution in [3.8, 4) is 0 Å². The number of aryl methyl sites for hydroxylation is 1. The van der Waals surface area contributed by atoms with Crippen molar-refractivity contribution in [1.29, 1.82) is 0 Å². The van der Waals surface area contributed by atoms with Gasteiger partial charge < -0.3 is 20.0 Å². The number of hydrogen-bond donors (Lipinski definition) is 2. The fraction of sp³-hybridized carbons (Fsp3) is 0.316. The van der Waals surface area contributed by atoms with Crippen molar-refractivity contribution in [2.75, 3.05) is 23.3 Å². The maximum atomic E-state index is 13.7. The number of aromatic nitrogens is 2. The van der Waals surface area contributed by atoms with Crippen LogP contribution < -0.4 is 15.5 Å². The van der Waals surface area contributed by atoms with Gasteiger partial charge in [0.15, 0.2) is 6.04 Å². The van der Waals surface area contributed by atoms with Gasteiger partial charge in [-0.15, -0.1) is 0 Å². The summed E-state index contributed by atoms with van der Waals surface area (Å²) in [5.74, 6) is -0.623. The summed E-state index contributed by atoms with van der Waals surface area (Å²) in [4.78, 5) is 22.3. The number of nitrogens with zero attached hydrogens (tertiary/aromatic N) is 3. The Labute approximate surface area is 168 Å². The summed E-state index contributed by atoms with van der Waals surface area (Å²) in [6.45, 7) is 3.05. The van der Waals surface area contributed by atoms with Crippen molar-refractivity contribution in [2.24, 2.45) is 0 Å². The lowest BCUT2D eigenvalue weighted by atomic mass is 10.1. The summed E-state index contributed by atoms with van der Waals surface area (Å²) < 4.78 is 59.8. The Morgan fingerprint density at radius 1 is 1.23 bits per heavy atom. The number of benzene rings is 1. The summed E-state index contributed by atoms with van der Waals surface area (Å²) in [7, 11) is 0. The van der Waals surface area contributed by atoms with E-state index in [1.54, 1.807) is 0 Å². The number of carbonyl (C=O) groups is 1. The van der Waals surface area contributed by atoms with Crippen molar-refractivity contribution in [2.45, 2.75) is 25.6 Å². The first-order valence-corrected chi connectivity index (χ1v) is 9.12. The molecule has 1 fully saturated rings. The number of alkyl halides is 3. The molecule has 2 aromatic heterocycles. The Balaban J connectivity index is 1.53. The predicted molar refractivity (Wildman–Crippen MR) is 101 cm³/mol. The fourth-order valence-electron chi connectivity index (χ4n) is 3.15. The first kappa shape index (κ1) is 19.9. The maximum Gasteiger partial charge on any atom is 0.416 e. The second-order valence-electron chi connectivity index (χ2n) is 6.92. The molecule has 1 aliphatic rings. The Bertz CT molecular complexity index is 1080. The summed E-state index contributed by atoms with van der Waals surface area (Å²) in [6, 6.07) is -0.117. The molecule has 3 aromatic rings. The molecule has 11 heteroatoms. The van der Waals surface area contributed by atoms with Gasteiger partial charge in [0.25, 0.3) is 0 Å². The third kappa shape index (κ3) is 3.87. The van der Waals surface area contributed by atoms with E-state index in [9.17, 15) is 22.4 Å². The van der Waals surface area contributed by atoms with Gasteiger partial charge in [-0.3, -0.25) is 0 Å². The molecule has 1 unspecified atom stereocenters. The molecule has 2 amide bonds. The number of nitrogens with one attached hydrogen (secondary N) is 2. The molecular weight excluding hydrogens is 406 g/mol. The van der Waals surface area contributed by atoms with Crippen LogP contribution in [0.3, 0.4) is 0 Å². The molecule has 0 spiro atoms. The highest BCUT2D eigenvalue weighted by Gasteiger charge is 2.45. The van der Waals surface area contributed by atoms with E-state index in [-0.39, 0.29) is 22.2 Å². The van der Waals surface area contributed by atoms with Gasteiger partial charge in [0, 0.05) is 24.0 Å². The quantitative estimate of drug-likeness (QED) is 0.612. The molecule has 0 radical (unpaired) electrons. The molecule has 2 N–H and O–H groups in total. The number of fused-ring (bicyclic) bond motifs is 1. The summed E-state index contributed by atoms with van der Waals surface area (Å²) in [5.41, 5.74) is 0.325. The topological polar surface area (TPSA) is 83.3 Å². The van der Waals surface area contributed by atoms with Crippen molar-refractivity contribution in [1.82, 2.24) is 15.3 Å². The molecule has 4 rings (SSSR count). The van der Waals surface area contributed by atoms with Gasteiger partial charge in [0.1, 0.15) is 17.2 Å². The lowest BCUT2D eigenvalue weighted by Gasteiger charge is -2.30.